The van der Waals surface area contributed by atoms with Crippen LogP contribution in [0.3, 0.4) is 0 Å². The number of hydrogen-bond donors (Lipinski definition) is 2. The molecule has 4 heteroatoms. The van der Waals surface area contributed by atoms with Crippen molar-refractivity contribution in [2.45, 2.75) is 19.3 Å². The van der Waals surface area contributed by atoms with Crippen molar-refractivity contribution in [3.8, 4) is 0 Å². The van der Waals surface area contributed by atoms with E-state index in [4.69, 9.17) is 5.11 Å². The Labute approximate surface area is 77.9 Å². The highest BCUT2D eigenvalue weighted by Gasteiger charge is 2.40. The Bertz CT molecular complexity index is 212. The average Bonchev–Trinajstić information content (AvgIpc) is 2.51. The van der Waals surface area contributed by atoms with Crippen molar-refractivity contribution in [1.82, 2.24) is 10.2 Å². The predicted octanol–water partition coefficient (Wildman–Crippen LogP) is 0.740. The van der Waals surface area contributed by atoms with Crippen LogP contribution in [0.1, 0.15) is 19.3 Å². The van der Waals surface area contributed by atoms with E-state index in [1.54, 1.807) is 4.90 Å². The lowest BCUT2D eigenvalue weighted by molar-refractivity contribution is 0.143. The Morgan fingerprint density at radius 3 is 2.85 bits per heavy atom. The van der Waals surface area contributed by atoms with Crippen LogP contribution in [0.2, 0.25) is 0 Å². The zero-order valence-electron chi connectivity index (χ0n) is 7.75. The molecule has 13 heavy (non-hydrogen) atoms. The second-order valence-electron chi connectivity index (χ2n) is 4.23. The summed E-state index contributed by atoms with van der Waals surface area (Å²) in [5.74, 6) is 0. The molecule has 0 aromatic rings. The van der Waals surface area contributed by atoms with E-state index in [0.717, 1.165) is 32.6 Å². The summed E-state index contributed by atoms with van der Waals surface area (Å²) in [4.78, 5) is 12.3. The molecule has 0 aromatic carbocycles. The molecule has 2 saturated heterocycles. The highest BCUT2D eigenvalue weighted by Crippen LogP contribution is 2.36. The van der Waals surface area contributed by atoms with Gasteiger partial charge in [-0.15, -0.1) is 0 Å². The fourth-order valence-corrected chi connectivity index (χ4v) is 2.48. The SMILES string of the molecule is O=C(O)N1CC[C@]2(CCCNC2)C1. The standard InChI is InChI=1S/C9H16N2O2/c12-8(13)11-5-3-9(7-11)2-1-4-10-6-9/h10H,1-7H2,(H,12,13)/t9-/m0/s1. The summed E-state index contributed by atoms with van der Waals surface area (Å²) in [5, 5.41) is 12.2. The van der Waals surface area contributed by atoms with E-state index in [2.05, 4.69) is 5.32 Å². The van der Waals surface area contributed by atoms with Crippen LogP contribution in [0.5, 0.6) is 0 Å². The lowest BCUT2D eigenvalue weighted by Gasteiger charge is -2.33. The maximum Gasteiger partial charge on any atom is 0.407 e. The normalized spacial score (nSPS) is 34.0. The first-order chi connectivity index (χ1) is 6.22. The predicted molar refractivity (Wildman–Crippen MR) is 48.8 cm³/mol. The fraction of sp³-hybridized carbons (Fsp3) is 0.889. The number of carboxylic acid groups (broad SMARTS) is 1. The molecule has 2 N–H and O–H groups in total. The van der Waals surface area contributed by atoms with Gasteiger partial charge in [-0.3, -0.25) is 0 Å². The Balaban J connectivity index is 1.98. The third kappa shape index (κ3) is 1.63. The van der Waals surface area contributed by atoms with Crippen LogP contribution in [0.4, 0.5) is 4.79 Å². The molecule has 2 heterocycles. The molecule has 0 aliphatic carbocycles. The molecule has 2 fully saturated rings. The van der Waals surface area contributed by atoms with Gasteiger partial charge in [0.1, 0.15) is 0 Å². The van der Waals surface area contributed by atoms with Crippen LogP contribution in [-0.2, 0) is 0 Å². The van der Waals surface area contributed by atoms with E-state index in [1.807, 2.05) is 0 Å². The maximum atomic E-state index is 10.7. The van der Waals surface area contributed by atoms with Crippen molar-refractivity contribution in [2.75, 3.05) is 26.2 Å². The first-order valence-electron chi connectivity index (χ1n) is 4.91. The quantitative estimate of drug-likeness (QED) is 0.584. The van der Waals surface area contributed by atoms with Crippen LogP contribution in [0.15, 0.2) is 0 Å². The second-order valence-corrected chi connectivity index (χ2v) is 4.23. The largest absolute Gasteiger partial charge is 0.465 e. The smallest absolute Gasteiger partial charge is 0.407 e. The highest BCUT2D eigenvalue weighted by molar-refractivity contribution is 5.65. The first kappa shape index (κ1) is 8.81. The van der Waals surface area contributed by atoms with Gasteiger partial charge in [0.05, 0.1) is 0 Å². The van der Waals surface area contributed by atoms with Gasteiger partial charge >= 0.3 is 6.09 Å². The number of rotatable bonds is 0. The summed E-state index contributed by atoms with van der Waals surface area (Å²) in [6, 6.07) is 0. The van der Waals surface area contributed by atoms with Crippen molar-refractivity contribution in [3.63, 3.8) is 0 Å². The van der Waals surface area contributed by atoms with Gasteiger partial charge in [-0.2, -0.15) is 0 Å². The maximum absolute atomic E-state index is 10.7. The van der Waals surface area contributed by atoms with Crippen LogP contribution in [-0.4, -0.2) is 42.3 Å². The summed E-state index contributed by atoms with van der Waals surface area (Å²) in [7, 11) is 0. The van der Waals surface area contributed by atoms with Gasteiger partial charge in [-0.1, -0.05) is 0 Å². The van der Waals surface area contributed by atoms with Crippen molar-refractivity contribution >= 4 is 6.09 Å². The van der Waals surface area contributed by atoms with Gasteiger partial charge in [0.15, 0.2) is 0 Å². The number of carbonyl (C=O) groups is 1. The molecule has 2 rings (SSSR count). The number of likely N-dealkylation sites (tertiary alicyclic amines) is 1. The number of nitrogens with one attached hydrogen (secondary N) is 1. The molecule has 2 aliphatic heterocycles. The number of hydrogen-bond acceptors (Lipinski definition) is 2. The van der Waals surface area contributed by atoms with Crippen LogP contribution in [0.25, 0.3) is 0 Å². The average molecular weight is 184 g/mol. The van der Waals surface area contributed by atoms with Crippen molar-refractivity contribution in [3.05, 3.63) is 0 Å². The first-order valence-corrected chi connectivity index (χ1v) is 4.91. The molecule has 74 valence electrons. The molecule has 0 bridgehead atoms. The lowest BCUT2D eigenvalue weighted by atomic mass is 9.80. The topological polar surface area (TPSA) is 52.6 Å². The summed E-state index contributed by atoms with van der Waals surface area (Å²) in [6.07, 6.45) is 2.64. The zero-order valence-corrected chi connectivity index (χ0v) is 7.75. The molecule has 1 amide bonds. The minimum Gasteiger partial charge on any atom is -0.465 e. The van der Waals surface area contributed by atoms with Crippen LogP contribution in [0, 0.1) is 5.41 Å². The summed E-state index contributed by atoms with van der Waals surface area (Å²) in [5.41, 5.74) is 0.261. The number of piperidine rings is 1. The molecule has 2 aliphatic rings. The number of nitrogens with zero attached hydrogens (tertiary/aromatic N) is 1. The Hall–Kier alpha value is -0.770. The number of amides is 1. The second kappa shape index (κ2) is 3.18. The molecule has 1 atom stereocenters. The third-order valence-electron chi connectivity index (χ3n) is 3.27. The molecule has 0 aromatic heterocycles. The molecule has 0 radical (unpaired) electrons. The Morgan fingerprint density at radius 1 is 1.46 bits per heavy atom. The fourth-order valence-electron chi connectivity index (χ4n) is 2.48. The summed E-state index contributed by atoms with van der Waals surface area (Å²) < 4.78 is 0. The van der Waals surface area contributed by atoms with Crippen LogP contribution >= 0.6 is 0 Å². The van der Waals surface area contributed by atoms with Gasteiger partial charge < -0.3 is 15.3 Å². The summed E-state index contributed by atoms with van der Waals surface area (Å²) >= 11 is 0. The monoisotopic (exact) mass is 184 g/mol. The van der Waals surface area contributed by atoms with Crippen molar-refractivity contribution in [1.29, 1.82) is 0 Å². The molecule has 0 saturated carbocycles. The van der Waals surface area contributed by atoms with E-state index < -0.39 is 6.09 Å². The van der Waals surface area contributed by atoms with Gasteiger partial charge in [0.2, 0.25) is 0 Å². The van der Waals surface area contributed by atoms with Crippen molar-refractivity contribution < 1.29 is 9.90 Å². The van der Waals surface area contributed by atoms with E-state index in [0.29, 0.717) is 0 Å². The van der Waals surface area contributed by atoms with E-state index in [-0.39, 0.29) is 5.41 Å². The Kier molecular flexibility index (Phi) is 2.15. The Morgan fingerprint density at radius 2 is 2.31 bits per heavy atom. The van der Waals surface area contributed by atoms with E-state index in [1.165, 1.54) is 12.8 Å². The highest BCUT2D eigenvalue weighted by atomic mass is 16.4. The lowest BCUT2D eigenvalue weighted by Crippen LogP contribution is -2.42. The molecular formula is C9H16N2O2. The third-order valence-corrected chi connectivity index (χ3v) is 3.27. The molecule has 0 unspecified atom stereocenters. The molecule has 1 spiro atoms. The minimum atomic E-state index is -0.762. The molecular weight excluding hydrogens is 168 g/mol. The van der Waals surface area contributed by atoms with Gasteiger partial charge in [0.25, 0.3) is 0 Å². The minimum absolute atomic E-state index is 0.261. The van der Waals surface area contributed by atoms with Gasteiger partial charge in [-0.25, -0.2) is 4.79 Å². The summed E-state index contributed by atoms with van der Waals surface area (Å²) in [6.45, 7) is 3.54. The van der Waals surface area contributed by atoms with E-state index >= 15 is 0 Å². The van der Waals surface area contributed by atoms with Gasteiger partial charge in [-0.05, 0) is 25.8 Å². The van der Waals surface area contributed by atoms with Gasteiger partial charge in [0, 0.05) is 25.0 Å². The zero-order chi connectivity index (χ0) is 9.31. The van der Waals surface area contributed by atoms with E-state index in [9.17, 15) is 4.79 Å². The van der Waals surface area contributed by atoms with Crippen molar-refractivity contribution in [2.24, 2.45) is 5.41 Å². The molecule has 4 nitrogen and oxygen atoms in total. The van der Waals surface area contributed by atoms with Crippen LogP contribution < -0.4 is 5.32 Å².